The van der Waals surface area contributed by atoms with Gasteiger partial charge < -0.3 is 4.66 Å². The number of alkyl halides is 6. The normalized spacial score (nSPS) is 14.1. The summed E-state index contributed by atoms with van der Waals surface area (Å²) in [7, 11) is -2.79. The van der Waals surface area contributed by atoms with Crippen molar-refractivity contribution >= 4 is 13.9 Å². The third-order valence-corrected chi connectivity index (χ3v) is 1.88. The van der Waals surface area contributed by atoms with E-state index in [1.807, 2.05) is 0 Å². The molecule has 14 heavy (non-hydrogen) atoms. The molecule has 0 fully saturated rings. The van der Waals surface area contributed by atoms with E-state index in [9.17, 15) is 26.3 Å². The predicted molar refractivity (Wildman–Crippen MR) is 42.9 cm³/mol. The fourth-order valence-electron chi connectivity index (χ4n) is 0.623. The van der Waals surface area contributed by atoms with Crippen molar-refractivity contribution in [3.63, 3.8) is 0 Å². The highest BCUT2D eigenvalue weighted by Gasteiger charge is 2.53. The topological polar surface area (TPSA) is 12.4 Å². The summed E-state index contributed by atoms with van der Waals surface area (Å²) in [5.41, 5.74) is -2.64. The van der Waals surface area contributed by atoms with Gasteiger partial charge in [-0.2, -0.15) is 26.3 Å². The van der Waals surface area contributed by atoms with Gasteiger partial charge in [-0.25, -0.2) is 0 Å². The highest BCUT2D eigenvalue weighted by Crippen LogP contribution is 2.31. The van der Waals surface area contributed by atoms with Crippen molar-refractivity contribution in [1.82, 2.24) is 0 Å². The summed E-state index contributed by atoms with van der Waals surface area (Å²) in [6, 6.07) is 0. The Morgan fingerprint density at radius 2 is 1.14 bits per heavy atom. The summed E-state index contributed by atoms with van der Waals surface area (Å²) in [5, 5.41) is 0. The van der Waals surface area contributed by atoms with Gasteiger partial charge in [-0.15, -0.1) is 0 Å². The number of halogens is 6. The van der Waals surface area contributed by atoms with E-state index < -0.39 is 26.3 Å². The van der Waals surface area contributed by atoms with Crippen LogP contribution < -0.4 is 0 Å². The molecule has 0 N–H and O–H groups in total. The summed E-state index contributed by atoms with van der Waals surface area (Å²) < 4.78 is 74.3. The molecular weight excluding hydrogens is 228 g/mol. The molecule has 0 saturated heterocycles. The van der Waals surface area contributed by atoms with Gasteiger partial charge >= 0.3 is 12.4 Å². The maximum absolute atomic E-state index is 11.9. The fourth-order valence-corrected chi connectivity index (χ4v) is 1.55. The molecule has 0 rings (SSSR count). The minimum atomic E-state index is -5.43. The first kappa shape index (κ1) is 13.5. The molecule has 0 aliphatic carbocycles. The number of hydrogen-bond donors (Lipinski definition) is 0. The van der Waals surface area contributed by atoms with Crippen molar-refractivity contribution in [3.05, 3.63) is 0 Å². The number of nitrogens with zero attached hydrogens (tertiary/aromatic N) is 1. The van der Waals surface area contributed by atoms with Crippen molar-refractivity contribution < 1.29 is 26.3 Å². The van der Waals surface area contributed by atoms with Crippen LogP contribution in [0.5, 0.6) is 0 Å². The van der Waals surface area contributed by atoms with Crippen LogP contribution in [0, 0.1) is 0 Å². The molecule has 0 aliphatic heterocycles. The Balaban J connectivity index is 5.26. The third-order valence-electron chi connectivity index (χ3n) is 0.984. The maximum Gasteiger partial charge on any atom is 0.437 e. The lowest BCUT2D eigenvalue weighted by molar-refractivity contribution is -0.117. The van der Waals surface area contributed by atoms with E-state index in [1.165, 1.54) is 19.6 Å². The first-order valence-electron chi connectivity index (χ1n) is 3.58. The zero-order valence-electron chi connectivity index (χ0n) is 7.72. The Labute approximate surface area is 77.9 Å². The van der Waals surface area contributed by atoms with Crippen LogP contribution in [0.25, 0.3) is 0 Å². The highest BCUT2D eigenvalue weighted by molar-refractivity contribution is 6.75. The quantitative estimate of drug-likeness (QED) is 0.376. The molecule has 0 atom stereocenters. The Hall–Kier alpha value is -0.533. The number of rotatable bonds is 1. The lowest BCUT2D eigenvalue weighted by Gasteiger charge is -2.18. The van der Waals surface area contributed by atoms with Gasteiger partial charge in [-0.1, -0.05) is 0 Å². The summed E-state index contributed by atoms with van der Waals surface area (Å²) >= 11 is 0. The highest BCUT2D eigenvalue weighted by atomic mass is 28.3. The summed E-state index contributed by atoms with van der Waals surface area (Å²) in [5.74, 6) is 0. The van der Waals surface area contributed by atoms with Crippen molar-refractivity contribution in [2.45, 2.75) is 32.0 Å². The molecule has 0 bridgehead atoms. The average molecular weight is 237 g/mol. The molecule has 8 heteroatoms. The van der Waals surface area contributed by atoms with Gasteiger partial charge in [0.15, 0.2) is 8.24 Å². The van der Waals surface area contributed by atoms with Gasteiger partial charge in [0, 0.05) is 0 Å². The van der Waals surface area contributed by atoms with Crippen molar-refractivity contribution in [1.29, 1.82) is 0 Å². The first-order valence-corrected chi connectivity index (χ1v) is 7.03. The van der Waals surface area contributed by atoms with E-state index in [0.29, 0.717) is 0 Å². The second kappa shape index (κ2) is 3.56. The standard InChI is InChI=1S/C6H9F6NSi/c1-14(2,3)13-4(5(7,8)9)6(10,11)12/h1-3H3. The van der Waals surface area contributed by atoms with E-state index in [0.717, 1.165) is 0 Å². The SMILES string of the molecule is C[Si](C)(C)N=C(C(F)(F)F)C(F)(F)F. The van der Waals surface area contributed by atoms with Crippen LogP contribution in [0.2, 0.25) is 19.6 Å². The van der Waals surface area contributed by atoms with Gasteiger partial charge in [0.1, 0.15) is 0 Å². The van der Waals surface area contributed by atoms with Gasteiger partial charge in [-0.05, 0) is 19.6 Å². The Kier molecular flexibility index (Phi) is 3.42. The molecule has 84 valence electrons. The molecule has 0 saturated carbocycles. The Morgan fingerprint density at radius 3 is 1.21 bits per heavy atom. The molecule has 0 radical (unpaired) electrons. The van der Waals surface area contributed by atoms with Crippen LogP contribution in [0.4, 0.5) is 26.3 Å². The zero-order valence-corrected chi connectivity index (χ0v) is 8.72. The largest absolute Gasteiger partial charge is 0.437 e. The second-order valence-electron chi connectivity index (χ2n) is 3.63. The van der Waals surface area contributed by atoms with E-state index in [-0.39, 0.29) is 0 Å². The molecule has 0 heterocycles. The molecule has 0 aromatic carbocycles. The van der Waals surface area contributed by atoms with Crippen LogP contribution in [0.3, 0.4) is 0 Å². The van der Waals surface area contributed by atoms with Crippen LogP contribution in [-0.4, -0.2) is 26.3 Å². The van der Waals surface area contributed by atoms with Crippen molar-refractivity contribution in [2.24, 2.45) is 4.66 Å². The van der Waals surface area contributed by atoms with Crippen LogP contribution in [-0.2, 0) is 0 Å². The average Bonchev–Trinajstić information content (AvgIpc) is 1.75. The van der Waals surface area contributed by atoms with Crippen LogP contribution in [0.1, 0.15) is 0 Å². The van der Waals surface area contributed by atoms with Crippen LogP contribution in [0.15, 0.2) is 4.66 Å². The molecule has 0 aromatic rings. The summed E-state index contributed by atoms with van der Waals surface area (Å²) in [6.07, 6.45) is -10.9. The molecule has 0 spiro atoms. The summed E-state index contributed by atoms with van der Waals surface area (Å²) in [6.45, 7) is 3.89. The smallest absolute Gasteiger partial charge is 0.314 e. The van der Waals surface area contributed by atoms with Gasteiger partial charge in [0.05, 0.1) is 0 Å². The van der Waals surface area contributed by atoms with E-state index in [4.69, 9.17) is 0 Å². The molecular formula is C6H9F6NSi. The molecule has 0 unspecified atom stereocenters. The van der Waals surface area contributed by atoms with Crippen molar-refractivity contribution in [2.75, 3.05) is 0 Å². The summed E-state index contributed by atoms with van der Waals surface area (Å²) in [4.78, 5) is 0. The van der Waals surface area contributed by atoms with E-state index in [2.05, 4.69) is 4.66 Å². The molecule has 0 amide bonds. The van der Waals surface area contributed by atoms with E-state index >= 15 is 0 Å². The monoisotopic (exact) mass is 237 g/mol. The van der Waals surface area contributed by atoms with Crippen LogP contribution >= 0.6 is 0 Å². The Bertz CT molecular complexity index is 216. The van der Waals surface area contributed by atoms with E-state index in [1.54, 1.807) is 0 Å². The Morgan fingerprint density at radius 1 is 0.857 bits per heavy atom. The van der Waals surface area contributed by atoms with Gasteiger partial charge in [0.25, 0.3) is 0 Å². The fraction of sp³-hybridized carbons (Fsp3) is 0.833. The second-order valence-corrected chi connectivity index (χ2v) is 8.19. The molecule has 1 nitrogen and oxygen atoms in total. The maximum atomic E-state index is 11.9. The van der Waals surface area contributed by atoms with Gasteiger partial charge in [0.2, 0.25) is 5.71 Å². The number of hydrogen-bond acceptors (Lipinski definition) is 1. The van der Waals surface area contributed by atoms with Gasteiger partial charge in [-0.3, -0.25) is 0 Å². The minimum Gasteiger partial charge on any atom is -0.314 e. The molecule has 0 aromatic heterocycles. The first-order chi connectivity index (χ1) is 5.84. The predicted octanol–water partition coefficient (Wildman–Crippen LogP) is 3.39. The lowest BCUT2D eigenvalue weighted by Crippen LogP contribution is -2.40. The minimum absolute atomic E-state index is 1.30. The zero-order chi connectivity index (χ0) is 11.8. The third kappa shape index (κ3) is 4.63. The lowest BCUT2D eigenvalue weighted by atomic mass is 10.4. The molecule has 0 aliphatic rings. The van der Waals surface area contributed by atoms with Crippen molar-refractivity contribution in [3.8, 4) is 0 Å².